The van der Waals surface area contributed by atoms with E-state index in [-0.39, 0.29) is 0 Å². The highest BCUT2D eigenvalue weighted by Crippen LogP contribution is 2.20. The third kappa shape index (κ3) is 5.99. The number of aromatic nitrogens is 1. The average molecular weight is 285 g/mol. The fourth-order valence-corrected chi connectivity index (χ4v) is 1.89. The van der Waals surface area contributed by atoms with Gasteiger partial charge in [-0.3, -0.25) is 4.98 Å². The van der Waals surface area contributed by atoms with Crippen molar-refractivity contribution in [3.05, 3.63) is 59.7 Å². The van der Waals surface area contributed by atoms with Crippen molar-refractivity contribution in [2.75, 3.05) is 6.61 Å². The third-order valence-corrected chi connectivity index (χ3v) is 3.10. The maximum atomic E-state index is 5.76. The van der Waals surface area contributed by atoms with Crippen molar-refractivity contribution in [2.24, 2.45) is 0 Å². The van der Waals surface area contributed by atoms with E-state index in [2.05, 4.69) is 42.3 Å². The van der Waals surface area contributed by atoms with Gasteiger partial charge in [-0.15, -0.1) is 0 Å². The Bertz CT molecular complexity index is 495. The lowest BCUT2D eigenvalue weighted by Crippen LogP contribution is -1.93. The van der Waals surface area contributed by atoms with E-state index in [9.17, 15) is 0 Å². The second kappa shape index (κ2) is 9.98. The summed E-state index contributed by atoms with van der Waals surface area (Å²) in [6.07, 6.45) is 13.5. The first-order chi connectivity index (χ1) is 10.3. The summed E-state index contributed by atoms with van der Waals surface area (Å²) in [5, 5.41) is 0. The molecule has 21 heavy (non-hydrogen) atoms. The molecule has 1 aliphatic carbocycles. The van der Waals surface area contributed by atoms with Crippen LogP contribution >= 0.6 is 0 Å². The minimum Gasteiger partial charge on any atom is -0.498 e. The maximum absolute atomic E-state index is 5.76. The molecule has 2 nitrogen and oxygen atoms in total. The van der Waals surface area contributed by atoms with Crippen molar-refractivity contribution in [3.8, 4) is 0 Å². The zero-order valence-corrected chi connectivity index (χ0v) is 13.7. The summed E-state index contributed by atoms with van der Waals surface area (Å²) in [4.78, 5) is 4.34. The monoisotopic (exact) mass is 285 g/mol. The molecule has 0 aromatic carbocycles. The van der Waals surface area contributed by atoms with E-state index in [0.717, 1.165) is 36.5 Å². The number of rotatable bonds is 5. The van der Waals surface area contributed by atoms with Gasteiger partial charge in [0.05, 0.1) is 12.4 Å². The van der Waals surface area contributed by atoms with Crippen LogP contribution in [0.5, 0.6) is 0 Å². The fourth-order valence-electron chi connectivity index (χ4n) is 1.89. The van der Waals surface area contributed by atoms with Gasteiger partial charge < -0.3 is 4.74 Å². The van der Waals surface area contributed by atoms with Crippen LogP contribution in [0.4, 0.5) is 0 Å². The summed E-state index contributed by atoms with van der Waals surface area (Å²) in [5.74, 6) is 1.04. The Morgan fingerprint density at radius 3 is 2.67 bits per heavy atom. The molecule has 0 fully saturated rings. The maximum Gasteiger partial charge on any atom is 0.0997 e. The largest absolute Gasteiger partial charge is 0.498 e. The van der Waals surface area contributed by atoms with Crippen LogP contribution in [0, 0.1) is 6.92 Å². The predicted molar refractivity (Wildman–Crippen MR) is 91.0 cm³/mol. The molecule has 0 aliphatic heterocycles. The number of aryl methyl sites for hydroxylation is 1. The van der Waals surface area contributed by atoms with Gasteiger partial charge in [-0.2, -0.15) is 0 Å². The first kappa shape index (κ1) is 17.2. The standard InChI is InChI=1S/C17H21NO.C2H6/c1-3-4-12-19-17-7-5-6-15(10-11-17)16-9-8-14(2)18-13-16;1-2/h5-6,8-11,13H,3-4,7,12H2,1-2H3;1-2H3. The Labute approximate surface area is 129 Å². The van der Waals surface area contributed by atoms with Crippen LogP contribution in [-0.2, 0) is 4.74 Å². The van der Waals surface area contributed by atoms with E-state index in [1.165, 1.54) is 12.0 Å². The average Bonchev–Trinajstić information content (AvgIpc) is 2.76. The topological polar surface area (TPSA) is 22.1 Å². The Hall–Kier alpha value is -1.83. The van der Waals surface area contributed by atoms with Gasteiger partial charge in [-0.1, -0.05) is 51.5 Å². The summed E-state index contributed by atoms with van der Waals surface area (Å²) < 4.78 is 5.76. The second-order valence-corrected chi connectivity index (χ2v) is 4.75. The van der Waals surface area contributed by atoms with E-state index in [1.54, 1.807) is 0 Å². The highest BCUT2D eigenvalue weighted by Gasteiger charge is 2.03. The van der Waals surface area contributed by atoms with E-state index in [4.69, 9.17) is 4.74 Å². The second-order valence-electron chi connectivity index (χ2n) is 4.75. The molecular formula is C19H27NO. The van der Waals surface area contributed by atoms with Gasteiger partial charge in [-0.25, -0.2) is 0 Å². The molecule has 0 unspecified atom stereocenters. The summed E-state index contributed by atoms with van der Waals surface area (Å²) in [6, 6.07) is 4.15. The summed E-state index contributed by atoms with van der Waals surface area (Å²) >= 11 is 0. The van der Waals surface area contributed by atoms with Gasteiger partial charge in [0.15, 0.2) is 0 Å². The molecule has 1 aromatic rings. The molecule has 114 valence electrons. The Kier molecular flexibility index (Phi) is 8.18. The van der Waals surface area contributed by atoms with Crippen LogP contribution in [0.15, 0.2) is 48.4 Å². The van der Waals surface area contributed by atoms with Crippen molar-refractivity contribution < 1.29 is 4.74 Å². The van der Waals surface area contributed by atoms with Crippen LogP contribution in [0.2, 0.25) is 0 Å². The number of allylic oxidation sites excluding steroid dienone is 5. The molecular weight excluding hydrogens is 258 g/mol. The minimum absolute atomic E-state index is 0.811. The van der Waals surface area contributed by atoms with E-state index < -0.39 is 0 Å². The Morgan fingerprint density at radius 2 is 2.00 bits per heavy atom. The number of hydrogen-bond donors (Lipinski definition) is 0. The lowest BCUT2D eigenvalue weighted by atomic mass is 10.1. The highest BCUT2D eigenvalue weighted by atomic mass is 16.5. The lowest BCUT2D eigenvalue weighted by Gasteiger charge is -2.06. The molecule has 0 saturated heterocycles. The Balaban J connectivity index is 0.00000106. The fraction of sp³-hybridized carbons (Fsp3) is 0.421. The van der Waals surface area contributed by atoms with Crippen molar-refractivity contribution in [3.63, 3.8) is 0 Å². The quantitative estimate of drug-likeness (QED) is 0.670. The molecule has 0 radical (unpaired) electrons. The first-order valence-electron chi connectivity index (χ1n) is 7.93. The SMILES string of the molecule is CC.CCCCOC1=CC=C(c2ccc(C)nc2)C=CC1. The molecule has 1 heterocycles. The zero-order chi connectivity index (χ0) is 15.5. The van der Waals surface area contributed by atoms with Gasteiger partial charge >= 0.3 is 0 Å². The van der Waals surface area contributed by atoms with Crippen LogP contribution < -0.4 is 0 Å². The van der Waals surface area contributed by atoms with Crippen molar-refractivity contribution in [2.45, 2.75) is 47.0 Å². The number of unbranched alkanes of at least 4 members (excludes halogenated alkanes) is 1. The van der Waals surface area contributed by atoms with Crippen molar-refractivity contribution >= 4 is 5.57 Å². The van der Waals surface area contributed by atoms with Gasteiger partial charge in [0.25, 0.3) is 0 Å². The minimum atomic E-state index is 0.811. The third-order valence-electron chi connectivity index (χ3n) is 3.10. The first-order valence-corrected chi connectivity index (χ1v) is 7.93. The van der Waals surface area contributed by atoms with Crippen LogP contribution in [0.1, 0.15) is 51.3 Å². The molecule has 2 heteroatoms. The normalized spacial score (nSPS) is 13.5. The molecule has 0 N–H and O–H groups in total. The smallest absolute Gasteiger partial charge is 0.0997 e. The molecule has 1 aliphatic rings. The van der Waals surface area contributed by atoms with Crippen molar-refractivity contribution in [1.82, 2.24) is 4.98 Å². The lowest BCUT2D eigenvalue weighted by molar-refractivity contribution is 0.203. The zero-order valence-electron chi connectivity index (χ0n) is 13.7. The molecule has 2 rings (SSSR count). The van der Waals surface area contributed by atoms with Gasteiger partial charge in [0.2, 0.25) is 0 Å². The number of nitrogens with zero attached hydrogens (tertiary/aromatic N) is 1. The van der Waals surface area contributed by atoms with Crippen LogP contribution in [0.25, 0.3) is 5.57 Å². The molecule has 0 atom stereocenters. The Morgan fingerprint density at radius 1 is 1.19 bits per heavy atom. The van der Waals surface area contributed by atoms with E-state index in [0.29, 0.717) is 0 Å². The molecule has 0 saturated carbocycles. The molecule has 1 aromatic heterocycles. The summed E-state index contributed by atoms with van der Waals surface area (Å²) in [5.41, 5.74) is 3.37. The van der Waals surface area contributed by atoms with Gasteiger partial charge in [0.1, 0.15) is 0 Å². The number of pyridine rings is 1. The summed E-state index contributed by atoms with van der Waals surface area (Å²) in [7, 11) is 0. The van der Waals surface area contributed by atoms with E-state index >= 15 is 0 Å². The van der Waals surface area contributed by atoms with Gasteiger partial charge in [-0.05, 0) is 36.6 Å². The van der Waals surface area contributed by atoms with Crippen LogP contribution in [-0.4, -0.2) is 11.6 Å². The van der Waals surface area contributed by atoms with Gasteiger partial charge in [0, 0.05) is 18.3 Å². The van der Waals surface area contributed by atoms with Crippen LogP contribution in [0.3, 0.4) is 0 Å². The predicted octanol–water partition coefficient (Wildman–Crippen LogP) is 5.46. The highest BCUT2D eigenvalue weighted by molar-refractivity contribution is 5.75. The van der Waals surface area contributed by atoms with Crippen molar-refractivity contribution in [1.29, 1.82) is 0 Å². The molecule has 0 bridgehead atoms. The number of ether oxygens (including phenoxy) is 1. The summed E-state index contributed by atoms with van der Waals surface area (Å²) in [6.45, 7) is 8.99. The number of hydrogen-bond acceptors (Lipinski definition) is 2. The molecule has 0 spiro atoms. The van der Waals surface area contributed by atoms with E-state index in [1.807, 2.05) is 33.0 Å². The molecule has 0 amide bonds.